The van der Waals surface area contributed by atoms with E-state index in [4.69, 9.17) is 16.3 Å². The minimum absolute atomic E-state index is 0.339. The van der Waals surface area contributed by atoms with Crippen LogP contribution >= 0.6 is 11.6 Å². The highest BCUT2D eigenvalue weighted by Crippen LogP contribution is 2.27. The maximum absolute atomic E-state index is 12.2. The molecule has 0 bridgehead atoms. The van der Waals surface area contributed by atoms with Crippen LogP contribution < -0.4 is 4.57 Å². The summed E-state index contributed by atoms with van der Waals surface area (Å²) in [5.74, 6) is -0.339. The fraction of sp³-hybridized carbons (Fsp3) is 0.125. The number of pyridine rings is 1. The van der Waals surface area contributed by atoms with Crippen molar-refractivity contribution in [2.45, 2.75) is 0 Å². The molecule has 1 heterocycles. The molecule has 20 heavy (non-hydrogen) atoms. The molecule has 4 heteroatoms. The number of fused-ring (bicyclic) bond motifs is 2. The minimum atomic E-state index is -0.339. The molecule has 100 valence electrons. The second kappa shape index (κ2) is 4.76. The third kappa shape index (κ3) is 1.82. The number of halogens is 1. The summed E-state index contributed by atoms with van der Waals surface area (Å²) in [6.45, 7) is 0. The van der Waals surface area contributed by atoms with Crippen molar-refractivity contribution >= 4 is 39.4 Å². The Balaban J connectivity index is 2.60. The molecule has 0 saturated carbocycles. The topological polar surface area (TPSA) is 30.2 Å². The molecule has 3 rings (SSSR count). The predicted octanol–water partition coefficient (Wildman–Crippen LogP) is 3.26. The molecule has 0 atom stereocenters. The van der Waals surface area contributed by atoms with Crippen molar-refractivity contribution < 1.29 is 14.1 Å². The molecular weight excluding hydrogens is 274 g/mol. The van der Waals surface area contributed by atoms with Gasteiger partial charge < -0.3 is 4.74 Å². The molecular formula is C16H13ClNO2+. The van der Waals surface area contributed by atoms with Gasteiger partial charge in [-0.15, -0.1) is 0 Å². The summed E-state index contributed by atoms with van der Waals surface area (Å²) in [6, 6.07) is 13.3. The summed E-state index contributed by atoms with van der Waals surface area (Å²) in [6.07, 6.45) is 0. The maximum atomic E-state index is 12.2. The van der Waals surface area contributed by atoms with Crippen molar-refractivity contribution in [1.82, 2.24) is 0 Å². The van der Waals surface area contributed by atoms with Crippen molar-refractivity contribution in [2.24, 2.45) is 7.05 Å². The van der Waals surface area contributed by atoms with Crippen LogP contribution in [0.5, 0.6) is 0 Å². The van der Waals surface area contributed by atoms with E-state index in [9.17, 15) is 4.79 Å². The number of nitrogens with zero attached hydrogens (tertiary/aromatic N) is 1. The van der Waals surface area contributed by atoms with E-state index < -0.39 is 0 Å². The van der Waals surface area contributed by atoms with Gasteiger partial charge in [-0.1, -0.05) is 23.7 Å². The van der Waals surface area contributed by atoms with Gasteiger partial charge in [-0.05, 0) is 18.2 Å². The number of esters is 1. The van der Waals surface area contributed by atoms with E-state index in [0.717, 1.165) is 21.8 Å². The molecule has 0 saturated heterocycles. The SMILES string of the molecule is COC(=O)c1c2ccccc2[n+](C)c2cc(Cl)ccc12. The Bertz CT molecular complexity index is 843. The summed E-state index contributed by atoms with van der Waals surface area (Å²) >= 11 is 6.08. The molecule has 0 radical (unpaired) electrons. The Morgan fingerprint density at radius 3 is 2.55 bits per heavy atom. The van der Waals surface area contributed by atoms with Gasteiger partial charge in [0.1, 0.15) is 7.05 Å². The van der Waals surface area contributed by atoms with E-state index in [2.05, 4.69) is 0 Å². The highest BCUT2D eigenvalue weighted by atomic mass is 35.5. The average Bonchev–Trinajstić information content (AvgIpc) is 2.48. The van der Waals surface area contributed by atoms with Crippen LogP contribution in [0.15, 0.2) is 42.5 Å². The van der Waals surface area contributed by atoms with Gasteiger partial charge in [-0.3, -0.25) is 0 Å². The van der Waals surface area contributed by atoms with Gasteiger partial charge in [0.25, 0.3) is 0 Å². The van der Waals surface area contributed by atoms with Gasteiger partial charge in [0.15, 0.2) is 0 Å². The van der Waals surface area contributed by atoms with Crippen LogP contribution in [0, 0.1) is 0 Å². The lowest BCUT2D eigenvalue weighted by Gasteiger charge is -2.08. The zero-order valence-corrected chi connectivity index (χ0v) is 11.9. The molecule has 0 amide bonds. The van der Waals surface area contributed by atoms with Crippen molar-refractivity contribution in [1.29, 1.82) is 0 Å². The molecule has 0 N–H and O–H groups in total. The van der Waals surface area contributed by atoms with Crippen LogP contribution in [-0.4, -0.2) is 13.1 Å². The number of para-hydroxylation sites is 1. The van der Waals surface area contributed by atoms with Gasteiger partial charge in [-0.25, -0.2) is 4.79 Å². The molecule has 1 aromatic heterocycles. The van der Waals surface area contributed by atoms with Crippen molar-refractivity contribution in [3.05, 3.63) is 53.1 Å². The minimum Gasteiger partial charge on any atom is -0.465 e. The number of aromatic nitrogens is 1. The van der Waals surface area contributed by atoms with Crippen LogP contribution in [0.25, 0.3) is 21.8 Å². The molecule has 3 aromatic rings. The lowest BCUT2D eigenvalue weighted by Crippen LogP contribution is -2.31. The number of aryl methyl sites for hydroxylation is 1. The van der Waals surface area contributed by atoms with Crippen molar-refractivity contribution in [3.8, 4) is 0 Å². The van der Waals surface area contributed by atoms with Gasteiger partial charge in [0, 0.05) is 17.2 Å². The first-order valence-electron chi connectivity index (χ1n) is 6.22. The first-order chi connectivity index (χ1) is 9.63. The van der Waals surface area contributed by atoms with E-state index >= 15 is 0 Å². The van der Waals surface area contributed by atoms with Crippen LogP contribution in [0.3, 0.4) is 0 Å². The van der Waals surface area contributed by atoms with Crippen LogP contribution in [0.4, 0.5) is 0 Å². The molecule has 0 aliphatic carbocycles. The van der Waals surface area contributed by atoms with E-state index in [0.29, 0.717) is 10.6 Å². The van der Waals surface area contributed by atoms with E-state index in [-0.39, 0.29) is 5.97 Å². The summed E-state index contributed by atoms with van der Waals surface area (Å²) in [7, 11) is 3.36. The standard InChI is InChI=1S/C16H13ClNO2/c1-18-13-6-4-3-5-11(13)15(16(19)20-2)12-8-7-10(17)9-14(12)18/h3-9H,1-2H3/q+1. The van der Waals surface area contributed by atoms with Gasteiger partial charge in [0.05, 0.1) is 23.4 Å². The molecule has 3 nitrogen and oxygen atoms in total. The number of hydrogen-bond acceptors (Lipinski definition) is 2. The number of methoxy groups -OCH3 is 1. The van der Waals surface area contributed by atoms with Crippen molar-refractivity contribution in [2.75, 3.05) is 7.11 Å². The summed E-state index contributed by atoms with van der Waals surface area (Å²) in [4.78, 5) is 12.2. The average molecular weight is 287 g/mol. The Hall–Kier alpha value is -2.13. The quantitative estimate of drug-likeness (QED) is 0.390. The van der Waals surface area contributed by atoms with Gasteiger partial charge in [0.2, 0.25) is 11.0 Å². The predicted molar refractivity (Wildman–Crippen MR) is 79.0 cm³/mol. The smallest absolute Gasteiger partial charge is 0.339 e. The fourth-order valence-electron chi connectivity index (χ4n) is 2.57. The van der Waals surface area contributed by atoms with Crippen molar-refractivity contribution in [3.63, 3.8) is 0 Å². The van der Waals surface area contributed by atoms with Gasteiger partial charge in [-0.2, -0.15) is 4.57 Å². The number of carbonyl (C=O) groups is 1. The molecule has 0 unspecified atom stereocenters. The van der Waals surface area contributed by atoms with Crippen LogP contribution in [-0.2, 0) is 11.8 Å². The van der Waals surface area contributed by atoms with Gasteiger partial charge >= 0.3 is 5.97 Å². The molecule has 0 fully saturated rings. The zero-order chi connectivity index (χ0) is 14.3. The first kappa shape index (κ1) is 12.9. The normalized spacial score (nSPS) is 10.9. The lowest BCUT2D eigenvalue weighted by molar-refractivity contribution is -0.617. The van der Waals surface area contributed by atoms with E-state index in [1.807, 2.05) is 48.0 Å². The summed E-state index contributed by atoms with van der Waals surface area (Å²) < 4.78 is 6.97. The highest BCUT2D eigenvalue weighted by molar-refractivity contribution is 6.31. The second-order valence-corrected chi connectivity index (χ2v) is 5.04. The highest BCUT2D eigenvalue weighted by Gasteiger charge is 2.22. The Kier molecular flexibility index (Phi) is 3.07. The molecule has 2 aromatic carbocycles. The number of carbonyl (C=O) groups excluding carboxylic acids is 1. The van der Waals surface area contributed by atoms with Crippen LogP contribution in [0.1, 0.15) is 10.4 Å². The Labute approximate surface area is 121 Å². The van der Waals surface area contributed by atoms with E-state index in [1.165, 1.54) is 7.11 Å². The fourth-order valence-corrected chi connectivity index (χ4v) is 2.73. The largest absolute Gasteiger partial charge is 0.465 e. The number of hydrogen-bond donors (Lipinski definition) is 0. The van der Waals surface area contributed by atoms with Crippen LogP contribution in [0.2, 0.25) is 5.02 Å². The number of benzene rings is 2. The number of ether oxygens (including phenoxy) is 1. The lowest BCUT2D eigenvalue weighted by atomic mass is 10.0. The molecule has 0 aliphatic heterocycles. The Morgan fingerprint density at radius 1 is 1.10 bits per heavy atom. The summed E-state index contributed by atoms with van der Waals surface area (Å²) in [5.41, 5.74) is 2.44. The number of rotatable bonds is 1. The summed E-state index contributed by atoms with van der Waals surface area (Å²) in [5, 5.41) is 2.35. The second-order valence-electron chi connectivity index (χ2n) is 4.60. The monoisotopic (exact) mass is 286 g/mol. The third-order valence-corrected chi connectivity index (χ3v) is 3.75. The molecule has 0 aliphatic rings. The maximum Gasteiger partial charge on any atom is 0.339 e. The molecule has 0 spiro atoms. The van der Waals surface area contributed by atoms with E-state index in [1.54, 1.807) is 6.07 Å². The third-order valence-electron chi connectivity index (χ3n) is 3.51. The zero-order valence-electron chi connectivity index (χ0n) is 11.2. The Morgan fingerprint density at radius 2 is 1.80 bits per heavy atom. The first-order valence-corrected chi connectivity index (χ1v) is 6.59.